The van der Waals surface area contributed by atoms with Crippen molar-refractivity contribution in [1.82, 2.24) is 9.55 Å². The molecule has 0 saturated carbocycles. The van der Waals surface area contributed by atoms with E-state index < -0.39 is 12.0 Å². The molecule has 0 aromatic carbocycles. The molecule has 0 aliphatic heterocycles. The summed E-state index contributed by atoms with van der Waals surface area (Å²) in [6.07, 6.45) is 0.160. The summed E-state index contributed by atoms with van der Waals surface area (Å²) in [6, 6.07) is 4.24. The molecule has 13 heavy (non-hydrogen) atoms. The number of halogens is 1. The highest BCUT2D eigenvalue weighted by molar-refractivity contribution is 5.85. The van der Waals surface area contributed by atoms with Gasteiger partial charge in [0.15, 0.2) is 5.65 Å². The van der Waals surface area contributed by atoms with Crippen LogP contribution in [0.15, 0.2) is 24.4 Å². The Morgan fingerprint density at radius 1 is 1.46 bits per heavy atom. The van der Waals surface area contributed by atoms with Gasteiger partial charge in [0.05, 0.1) is 0 Å². The van der Waals surface area contributed by atoms with E-state index in [4.69, 9.17) is 5.11 Å². The molecular formula is C8H5FN2O2. The molecule has 0 aliphatic carbocycles. The fourth-order valence-corrected chi connectivity index (χ4v) is 1.14. The summed E-state index contributed by atoms with van der Waals surface area (Å²) >= 11 is 0. The minimum absolute atomic E-state index is 0.118. The van der Waals surface area contributed by atoms with Gasteiger partial charge in [0.25, 0.3) is 0 Å². The molecule has 5 heteroatoms. The van der Waals surface area contributed by atoms with Crippen LogP contribution in [0.5, 0.6) is 0 Å². The van der Waals surface area contributed by atoms with E-state index in [0.29, 0.717) is 5.39 Å². The molecule has 0 unspecified atom stereocenters. The van der Waals surface area contributed by atoms with Crippen LogP contribution in [0.3, 0.4) is 0 Å². The number of hydrogen-bond donors (Lipinski definition) is 1. The van der Waals surface area contributed by atoms with Gasteiger partial charge in [0, 0.05) is 11.6 Å². The first-order valence-corrected chi connectivity index (χ1v) is 3.55. The molecule has 0 radical (unpaired) electrons. The van der Waals surface area contributed by atoms with Crippen LogP contribution >= 0.6 is 0 Å². The topological polar surface area (TPSA) is 55.1 Å². The molecule has 0 atom stereocenters. The first-order valence-electron chi connectivity index (χ1n) is 3.55. The molecule has 66 valence electrons. The van der Waals surface area contributed by atoms with Crippen molar-refractivity contribution in [3.63, 3.8) is 0 Å². The molecule has 2 aromatic heterocycles. The summed E-state index contributed by atoms with van der Waals surface area (Å²) < 4.78 is 13.5. The van der Waals surface area contributed by atoms with Crippen LogP contribution in [0.2, 0.25) is 0 Å². The molecule has 0 fully saturated rings. The molecule has 0 spiro atoms. The maximum absolute atomic E-state index is 12.6. The fourth-order valence-electron chi connectivity index (χ4n) is 1.14. The average molecular weight is 180 g/mol. The first-order chi connectivity index (χ1) is 6.18. The fraction of sp³-hybridized carbons (Fsp3) is 0. The highest BCUT2D eigenvalue weighted by Gasteiger charge is 2.08. The lowest BCUT2D eigenvalue weighted by Gasteiger charge is -1.95. The largest absolute Gasteiger partial charge is 0.464 e. The van der Waals surface area contributed by atoms with Crippen LogP contribution in [0.4, 0.5) is 9.18 Å². The van der Waals surface area contributed by atoms with E-state index in [2.05, 4.69) is 4.98 Å². The second kappa shape index (κ2) is 2.55. The number of fused-ring (bicyclic) bond motifs is 1. The molecule has 2 rings (SSSR count). The number of carbonyl (C=O) groups is 1. The predicted octanol–water partition coefficient (Wildman–Crippen LogP) is 1.70. The lowest BCUT2D eigenvalue weighted by Crippen LogP contribution is -2.06. The van der Waals surface area contributed by atoms with Gasteiger partial charge in [-0.2, -0.15) is 4.39 Å². The molecule has 4 nitrogen and oxygen atoms in total. The Morgan fingerprint density at radius 3 is 2.92 bits per heavy atom. The number of pyridine rings is 1. The summed E-state index contributed by atoms with van der Waals surface area (Å²) in [6.45, 7) is 0. The van der Waals surface area contributed by atoms with Crippen molar-refractivity contribution in [1.29, 1.82) is 0 Å². The number of hydrogen-bond acceptors (Lipinski definition) is 2. The molecular weight excluding hydrogens is 175 g/mol. The van der Waals surface area contributed by atoms with Gasteiger partial charge in [-0.3, -0.25) is 0 Å². The van der Waals surface area contributed by atoms with Crippen molar-refractivity contribution in [3.8, 4) is 0 Å². The zero-order chi connectivity index (χ0) is 9.42. The van der Waals surface area contributed by atoms with Crippen LogP contribution in [0.1, 0.15) is 0 Å². The van der Waals surface area contributed by atoms with Gasteiger partial charge in [-0.05, 0) is 18.2 Å². The molecule has 1 N–H and O–H groups in total. The first kappa shape index (κ1) is 7.72. The van der Waals surface area contributed by atoms with Crippen LogP contribution < -0.4 is 0 Å². The van der Waals surface area contributed by atoms with Crippen molar-refractivity contribution in [2.75, 3.05) is 0 Å². The van der Waals surface area contributed by atoms with E-state index in [9.17, 15) is 9.18 Å². The van der Waals surface area contributed by atoms with Gasteiger partial charge in [0.2, 0.25) is 5.95 Å². The minimum Gasteiger partial charge on any atom is -0.464 e. The standard InChI is InChI=1S/C8H5FN2O2/c9-6-2-1-5-3-4-11(8(12)13)7(5)10-6/h1-4H,(H,12,13). The maximum atomic E-state index is 12.6. The molecule has 2 heterocycles. The monoisotopic (exact) mass is 180 g/mol. The zero-order valence-corrected chi connectivity index (χ0v) is 6.44. The Morgan fingerprint density at radius 2 is 2.23 bits per heavy atom. The van der Waals surface area contributed by atoms with Crippen LogP contribution in [0.25, 0.3) is 11.0 Å². The number of rotatable bonds is 0. The van der Waals surface area contributed by atoms with Crippen molar-refractivity contribution in [3.05, 3.63) is 30.3 Å². The minimum atomic E-state index is -1.17. The summed E-state index contributed by atoms with van der Waals surface area (Å²) in [5.41, 5.74) is 0.118. The van der Waals surface area contributed by atoms with Gasteiger partial charge < -0.3 is 5.11 Å². The lowest BCUT2D eigenvalue weighted by atomic mass is 10.3. The Hall–Kier alpha value is -1.91. The normalized spacial score (nSPS) is 10.5. The molecule has 0 saturated heterocycles. The van der Waals surface area contributed by atoms with E-state index in [0.717, 1.165) is 4.57 Å². The van der Waals surface area contributed by atoms with E-state index in [-0.39, 0.29) is 5.65 Å². The molecule has 0 bridgehead atoms. The summed E-state index contributed by atoms with van der Waals surface area (Å²) in [7, 11) is 0. The Labute approximate surface area is 72.2 Å². The second-order valence-electron chi connectivity index (χ2n) is 2.52. The molecule has 2 aromatic rings. The second-order valence-corrected chi connectivity index (χ2v) is 2.52. The van der Waals surface area contributed by atoms with E-state index >= 15 is 0 Å². The number of aromatic nitrogens is 2. The van der Waals surface area contributed by atoms with Gasteiger partial charge in [-0.1, -0.05) is 0 Å². The Balaban J connectivity index is 2.79. The van der Waals surface area contributed by atoms with E-state index in [1.807, 2.05) is 0 Å². The van der Waals surface area contributed by atoms with Gasteiger partial charge >= 0.3 is 6.09 Å². The highest BCUT2D eigenvalue weighted by atomic mass is 19.1. The van der Waals surface area contributed by atoms with Crippen molar-refractivity contribution in [2.24, 2.45) is 0 Å². The van der Waals surface area contributed by atoms with Gasteiger partial charge in [0.1, 0.15) is 0 Å². The van der Waals surface area contributed by atoms with Crippen molar-refractivity contribution >= 4 is 17.1 Å². The smallest absolute Gasteiger partial charge is 0.417 e. The lowest BCUT2D eigenvalue weighted by molar-refractivity contribution is 0.197. The Bertz CT molecular complexity index is 478. The third-order valence-corrected chi connectivity index (χ3v) is 1.71. The quantitative estimate of drug-likeness (QED) is 0.628. The number of carboxylic acid groups (broad SMARTS) is 1. The maximum Gasteiger partial charge on any atom is 0.417 e. The third-order valence-electron chi connectivity index (χ3n) is 1.71. The highest BCUT2D eigenvalue weighted by Crippen LogP contribution is 2.13. The van der Waals surface area contributed by atoms with E-state index in [1.54, 1.807) is 6.07 Å². The summed E-state index contributed by atoms with van der Waals surface area (Å²) in [5, 5.41) is 9.26. The van der Waals surface area contributed by atoms with Gasteiger partial charge in [-0.25, -0.2) is 14.3 Å². The SMILES string of the molecule is O=C(O)n1ccc2ccc(F)nc21. The predicted molar refractivity (Wildman–Crippen MR) is 43.1 cm³/mol. The van der Waals surface area contributed by atoms with Crippen molar-refractivity contribution < 1.29 is 14.3 Å². The summed E-state index contributed by atoms with van der Waals surface area (Å²) in [4.78, 5) is 14.1. The van der Waals surface area contributed by atoms with Crippen LogP contribution in [0, 0.1) is 5.95 Å². The van der Waals surface area contributed by atoms with E-state index in [1.165, 1.54) is 18.3 Å². The molecule has 0 amide bonds. The number of nitrogens with zero attached hydrogens (tertiary/aromatic N) is 2. The molecule has 0 aliphatic rings. The van der Waals surface area contributed by atoms with Crippen LogP contribution in [-0.2, 0) is 0 Å². The summed E-state index contributed by atoms with van der Waals surface area (Å²) in [5.74, 6) is -0.686. The Kier molecular flexibility index (Phi) is 1.51. The van der Waals surface area contributed by atoms with Crippen LogP contribution in [-0.4, -0.2) is 20.8 Å². The zero-order valence-electron chi connectivity index (χ0n) is 6.44. The van der Waals surface area contributed by atoms with Gasteiger partial charge in [-0.15, -0.1) is 0 Å². The third kappa shape index (κ3) is 1.14. The average Bonchev–Trinajstić information content (AvgIpc) is 2.46. The van der Waals surface area contributed by atoms with Crippen molar-refractivity contribution in [2.45, 2.75) is 0 Å².